The Morgan fingerprint density at radius 1 is 0.418 bits per heavy atom. The highest BCUT2D eigenvalue weighted by Gasteiger charge is 2.41. The molecule has 10 rings (SSSR count). The van der Waals surface area contributed by atoms with Gasteiger partial charge in [0.2, 0.25) is 0 Å². The number of hydrogen-bond acceptors (Lipinski definition) is 4. The number of amides is 4. The summed E-state index contributed by atoms with van der Waals surface area (Å²) in [6.07, 6.45) is 5.26. The first-order chi connectivity index (χ1) is 32.0. The molecule has 0 unspecified atom stereocenters. The number of benzene rings is 8. The second-order valence-electron chi connectivity index (χ2n) is 19.6. The average Bonchev–Trinajstić information content (AvgIpc) is 3.68. The smallest absolute Gasteiger partial charge is 0.266 e. The predicted molar refractivity (Wildman–Crippen MR) is 277 cm³/mol. The Morgan fingerprint density at radius 3 is 1.13 bits per heavy atom. The van der Waals surface area contributed by atoms with Crippen LogP contribution in [0.15, 0.2) is 116 Å². The van der Waals surface area contributed by atoms with Gasteiger partial charge < -0.3 is 0 Å². The summed E-state index contributed by atoms with van der Waals surface area (Å²) in [4.78, 5) is 59.3. The fraction of sp³-hybridized carbons (Fsp3) is 0.213. The molecule has 0 saturated heterocycles. The molecule has 4 amide bonds. The van der Waals surface area contributed by atoms with Gasteiger partial charge in [0.25, 0.3) is 23.6 Å². The van der Waals surface area contributed by atoms with E-state index in [4.69, 9.17) is 0 Å². The van der Waals surface area contributed by atoms with Gasteiger partial charge in [-0.05, 0) is 210 Å². The first kappa shape index (κ1) is 43.5. The van der Waals surface area contributed by atoms with Crippen LogP contribution in [0, 0.1) is 13.8 Å². The molecule has 6 heteroatoms. The third kappa shape index (κ3) is 7.09. The molecule has 67 heavy (non-hydrogen) atoms. The van der Waals surface area contributed by atoms with Crippen LogP contribution in [0.2, 0.25) is 0 Å². The van der Waals surface area contributed by atoms with Crippen molar-refractivity contribution in [1.29, 1.82) is 0 Å². The Kier molecular flexibility index (Phi) is 10.5. The number of rotatable bonds is 10. The average molecular weight is 879 g/mol. The van der Waals surface area contributed by atoms with Crippen LogP contribution < -0.4 is 9.80 Å². The van der Waals surface area contributed by atoms with E-state index in [1.54, 1.807) is 6.08 Å². The standard InChI is InChI=1S/C61H54N2O4/c1-11-37-13-16-56(49(19-37)32(3)4)62-58(64)52-28-45-24-41-17-35(9)39(22-43(41)26-47(45)29-53(52)59(62)65)14-15-40-23-44-27-48-31-55-54(30-46(48)25-42(44)18-36(40)10)60(66)63(61(55)67)57-50(33(5)6)20-38(12-2)21-51(57)34(7)8/h11-13,16-34H,1-2,14-15H2,3-10H3. The van der Waals surface area contributed by atoms with Crippen LogP contribution >= 0.6 is 0 Å². The largest absolute Gasteiger partial charge is 0.268 e. The summed E-state index contributed by atoms with van der Waals surface area (Å²) in [5.74, 6) is -0.890. The second kappa shape index (κ2) is 16.2. The van der Waals surface area contributed by atoms with E-state index in [1.165, 1.54) is 32.1 Å². The van der Waals surface area contributed by atoms with Crippen molar-refractivity contribution in [2.75, 3.05) is 9.80 Å². The van der Waals surface area contributed by atoms with E-state index in [0.29, 0.717) is 33.6 Å². The molecule has 2 aliphatic heterocycles. The first-order valence-corrected chi connectivity index (χ1v) is 23.4. The highest BCUT2D eigenvalue weighted by molar-refractivity contribution is 6.37. The van der Waals surface area contributed by atoms with Gasteiger partial charge in [-0.25, -0.2) is 9.80 Å². The van der Waals surface area contributed by atoms with Gasteiger partial charge in [-0.2, -0.15) is 0 Å². The van der Waals surface area contributed by atoms with Crippen LogP contribution in [0.25, 0.3) is 55.2 Å². The molecule has 332 valence electrons. The zero-order chi connectivity index (χ0) is 47.3. The van der Waals surface area contributed by atoms with Crippen LogP contribution in [-0.2, 0) is 12.8 Å². The zero-order valence-corrected chi connectivity index (χ0v) is 39.6. The second-order valence-corrected chi connectivity index (χ2v) is 19.6. The number of carbonyl (C=O) groups excluding carboxylic acids is 4. The van der Waals surface area contributed by atoms with Crippen LogP contribution in [-0.4, -0.2) is 23.6 Å². The van der Waals surface area contributed by atoms with Crippen LogP contribution in [0.1, 0.15) is 151 Å². The molecule has 0 saturated carbocycles. The van der Waals surface area contributed by atoms with Crippen molar-refractivity contribution in [3.8, 4) is 0 Å². The van der Waals surface area contributed by atoms with E-state index in [2.05, 4.69) is 129 Å². The van der Waals surface area contributed by atoms with Gasteiger partial charge in [-0.15, -0.1) is 0 Å². The summed E-state index contributed by atoms with van der Waals surface area (Å²) in [6, 6.07) is 34.9. The molecule has 0 atom stereocenters. The normalized spacial score (nSPS) is 13.8. The minimum absolute atomic E-state index is 0.0885. The Morgan fingerprint density at radius 2 is 0.761 bits per heavy atom. The fourth-order valence-corrected chi connectivity index (χ4v) is 10.5. The van der Waals surface area contributed by atoms with Crippen molar-refractivity contribution < 1.29 is 19.2 Å². The number of imide groups is 2. The third-order valence-electron chi connectivity index (χ3n) is 14.2. The molecule has 8 aromatic carbocycles. The van der Waals surface area contributed by atoms with Crippen molar-refractivity contribution in [3.05, 3.63) is 189 Å². The Bertz CT molecular complexity index is 3520. The molecule has 2 heterocycles. The van der Waals surface area contributed by atoms with Crippen molar-refractivity contribution in [2.24, 2.45) is 0 Å². The lowest BCUT2D eigenvalue weighted by atomic mass is 9.89. The van der Waals surface area contributed by atoms with Crippen LogP contribution in [0.4, 0.5) is 11.4 Å². The van der Waals surface area contributed by atoms with Crippen molar-refractivity contribution >= 4 is 90.2 Å². The third-order valence-corrected chi connectivity index (χ3v) is 14.2. The van der Waals surface area contributed by atoms with E-state index in [-0.39, 0.29) is 41.4 Å². The summed E-state index contributed by atoms with van der Waals surface area (Å²) < 4.78 is 0. The zero-order valence-electron chi connectivity index (χ0n) is 39.6. The number of fused-ring (bicyclic) bond motifs is 6. The van der Waals surface area contributed by atoms with Gasteiger partial charge in [0.15, 0.2) is 0 Å². The molecule has 0 aliphatic carbocycles. The lowest BCUT2D eigenvalue weighted by Gasteiger charge is -2.26. The minimum Gasteiger partial charge on any atom is -0.268 e. The van der Waals surface area contributed by atoms with E-state index in [0.717, 1.165) is 83.7 Å². The SMILES string of the molecule is C=Cc1ccc(N2C(=O)c3cc4cc5cc(C)c(CCc6cc7cc8cc9c(cc8cc7cc6C)C(=O)N(c6c(C(C)C)cc(C=C)cc6C(C)C)C9=O)cc5cc4cc3C2=O)c(C(C)C)c1. The quantitative estimate of drug-likeness (QED) is 0.101. The molecular weight excluding hydrogens is 825 g/mol. The molecule has 0 fully saturated rings. The fourth-order valence-electron chi connectivity index (χ4n) is 10.5. The Balaban J connectivity index is 0.942. The Labute approximate surface area is 392 Å². The van der Waals surface area contributed by atoms with Crippen molar-refractivity contribution in [1.82, 2.24) is 0 Å². The molecule has 0 radical (unpaired) electrons. The molecule has 0 spiro atoms. The van der Waals surface area contributed by atoms with Gasteiger partial charge in [-0.3, -0.25) is 19.2 Å². The lowest BCUT2D eigenvalue weighted by Crippen LogP contribution is -2.32. The predicted octanol–water partition coefficient (Wildman–Crippen LogP) is 15.0. The molecule has 8 aromatic rings. The highest BCUT2D eigenvalue weighted by atomic mass is 16.2. The summed E-state index contributed by atoms with van der Waals surface area (Å²) in [6.45, 7) is 24.7. The molecule has 0 bridgehead atoms. The molecule has 0 N–H and O–H groups in total. The maximum absolute atomic E-state index is 14.3. The maximum Gasteiger partial charge on any atom is 0.266 e. The molecule has 6 nitrogen and oxygen atoms in total. The number of nitrogens with zero attached hydrogens (tertiary/aromatic N) is 2. The van der Waals surface area contributed by atoms with Crippen LogP contribution in [0.5, 0.6) is 0 Å². The van der Waals surface area contributed by atoms with Gasteiger partial charge in [0, 0.05) is 0 Å². The van der Waals surface area contributed by atoms with E-state index in [9.17, 15) is 19.2 Å². The van der Waals surface area contributed by atoms with Crippen LogP contribution in [0.3, 0.4) is 0 Å². The Hall–Kier alpha value is -7.44. The van der Waals surface area contributed by atoms with E-state index < -0.39 is 0 Å². The number of hydrogen-bond donors (Lipinski definition) is 0. The number of aryl methyl sites for hydroxylation is 4. The van der Waals surface area contributed by atoms with Crippen molar-refractivity contribution in [2.45, 2.75) is 86.0 Å². The first-order valence-electron chi connectivity index (χ1n) is 23.4. The van der Waals surface area contributed by atoms with Gasteiger partial charge >= 0.3 is 0 Å². The van der Waals surface area contributed by atoms with E-state index >= 15 is 0 Å². The lowest BCUT2D eigenvalue weighted by molar-refractivity contribution is 0.0910. The topological polar surface area (TPSA) is 74.8 Å². The minimum atomic E-state index is -0.302. The summed E-state index contributed by atoms with van der Waals surface area (Å²) in [5.41, 5.74) is 12.7. The van der Waals surface area contributed by atoms with Gasteiger partial charge in [0.1, 0.15) is 0 Å². The molecule has 0 aromatic heterocycles. The number of carbonyl (C=O) groups is 4. The summed E-state index contributed by atoms with van der Waals surface area (Å²) in [7, 11) is 0. The number of anilines is 2. The van der Waals surface area contributed by atoms with Crippen molar-refractivity contribution in [3.63, 3.8) is 0 Å². The summed E-state index contributed by atoms with van der Waals surface area (Å²) >= 11 is 0. The maximum atomic E-state index is 14.3. The monoisotopic (exact) mass is 878 g/mol. The molecular formula is C61H54N2O4. The highest BCUT2D eigenvalue weighted by Crippen LogP contribution is 2.43. The summed E-state index contributed by atoms with van der Waals surface area (Å²) in [5, 5.41) is 8.02. The molecule has 2 aliphatic rings. The van der Waals surface area contributed by atoms with Gasteiger partial charge in [-0.1, -0.05) is 97.2 Å². The van der Waals surface area contributed by atoms with Gasteiger partial charge in [0.05, 0.1) is 33.6 Å². The van der Waals surface area contributed by atoms with E-state index in [1.807, 2.05) is 48.5 Å².